The maximum atomic E-state index is 12.1. The highest BCUT2D eigenvalue weighted by atomic mass is 16.2. The Bertz CT molecular complexity index is 789. The number of hydrogen-bond donors (Lipinski definition) is 2. The van der Waals surface area contributed by atoms with Crippen LogP contribution in [0.3, 0.4) is 0 Å². The van der Waals surface area contributed by atoms with Crippen molar-refractivity contribution in [3.8, 4) is 0 Å². The highest BCUT2D eigenvalue weighted by molar-refractivity contribution is 5.90. The van der Waals surface area contributed by atoms with Crippen LogP contribution in [0.2, 0.25) is 0 Å². The van der Waals surface area contributed by atoms with Gasteiger partial charge in [-0.3, -0.25) is 10.1 Å². The molecule has 7 heteroatoms. The Morgan fingerprint density at radius 3 is 2.88 bits per heavy atom. The van der Waals surface area contributed by atoms with Crippen LogP contribution in [0.25, 0.3) is 11.0 Å². The quantitative estimate of drug-likeness (QED) is 0.585. The number of amides is 1. The number of H-pyrrole nitrogens is 1. The number of aromatic nitrogens is 5. The lowest BCUT2D eigenvalue weighted by Gasteiger charge is -2.01. The molecule has 2 N–H and O–H groups in total. The van der Waals surface area contributed by atoms with Gasteiger partial charge in [0.2, 0.25) is 11.9 Å². The van der Waals surface area contributed by atoms with Gasteiger partial charge >= 0.3 is 0 Å². The van der Waals surface area contributed by atoms with Crippen LogP contribution >= 0.6 is 0 Å². The zero-order valence-corrected chi connectivity index (χ0v) is 14.5. The molecule has 0 fully saturated rings. The van der Waals surface area contributed by atoms with Crippen molar-refractivity contribution in [2.45, 2.75) is 52.0 Å². The number of nitrogens with one attached hydrogen (secondary N) is 2. The Morgan fingerprint density at radius 2 is 2.04 bits per heavy atom. The fourth-order valence-corrected chi connectivity index (χ4v) is 2.77. The molecule has 0 unspecified atom stereocenters. The highest BCUT2D eigenvalue weighted by Crippen LogP contribution is 2.13. The number of imidazole rings is 1. The number of rotatable bonds is 9. The first-order valence-corrected chi connectivity index (χ1v) is 8.88. The summed E-state index contributed by atoms with van der Waals surface area (Å²) in [4.78, 5) is 19.5. The third-order valence-electron chi connectivity index (χ3n) is 4.08. The number of carbonyl (C=O) groups is 1. The van der Waals surface area contributed by atoms with Gasteiger partial charge in [-0.25, -0.2) is 9.67 Å². The molecular weight excluding hydrogens is 316 g/mol. The molecule has 132 valence electrons. The van der Waals surface area contributed by atoms with Crippen molar-refractivity contribution in [1.29, 1.82) is 0 Å². The summed E-state index contributed by atoms with van der Waals surface area (Å²) in [5, 5.41) is 10.9. The minimum atomic E-state index is -0.182. The second-order valence-corrected chi connectivity index (χ2v) is 6.22. The maximum Gasteiger partial charge on any atom is 0.248 e. The average molecular weight is 340 g/mol. The molecule has 2 aromatic heterocycles. The molecule has 0 atom stereocenters. The number of carbonyl (C=O) groups excluding carboxylic acids is 1. The first kappa shape index (κ1) is 17.1. The van der Waals surface area contributed by atoms with Crippen molar-refractivity contribution in [2.24, 2.45) is 0 Å². The van der Waals surface area contributed by atoms with Gasteiger partial charge in [0.1, 0.15) is 6.54 Å². The molecular formula is C18H24N6O. The van der Waals surface area contributed by atoms with Crippen molar-refractivity contribution >= 4 is 22.9 Å². The van der Waals surface area contributed by atoms with Gasteiger partial charge in [0, 0.05) is 6.20 Å². The molecule has 2 heterocycles. The fourth-order valence-electron chi connectivity index (χ4n) is 2.77. The zero-order chi connectivity index (χ0) is 17.5. The molecule has 0 saturated carbocycles. The number of para-hydroxylation sites is 2. The number of benzene rings is 1. The van der Waals surface area contributed by atoms with Crippen molar-refractivity contribution in [3.63, 3.8) is 0 Å². The van der Waals surface area contributed by atoms with E-state index in [9.17, 15) is 4.79 Å². The normalized spacial score (nSPS) is 11.1. The molecule has 25 heavy (non-hydrogen) atoms. The number of aryl methyl sites for hydroxylation is 1. The topological polar surface area (TPSA) is 88.5 Å². The van der Waals surface area contributed by atoms with Crippen LogP contribution in [-0.2, 0) is 17.8 Å². The molecule has 3 rings (SSSR count). The molecule has 0 bridgehead atoms. The van der Waals surface area contributed by atoms with E-state index in [0.29, 0.717) is 5.95 Å². The summed E-state index contributed by atoms with van der Waals surface area (Å²) in [5.41, 5.74) is 2.65. The Kier molecular flexibility index (Phi) is 5.77. The number of aromatic amines is 1. The lowest BCUT2D eigenvalue weighted by molar-refractivity contribution is -0.117. The molecule has 1 aromatic carbocycles. The van der Waals surface area contributed by atoms with Gasteiger partial charge in [-0.05, 0) is 25.0 Å². The smallest absolute Gasteiger partial charge is 0.248 e. The monoisotopic (exact) mass is 340 g/mol. The van der Waals surface area contributed by atoms with Crippen LogP contribution < -0.4 is 5.32 Å². The van der Waals surface area contributed by atoms with Crippen molar-refractivity contribution in [1.82, 2.24) is 25.0 Å². The van der Waals surface area contributed by atoms with Crippen LogP contribution in [0.4, 0.5) is 5.95 Å². The van der Waals surface area contributed by atoms with Gasteiger partial charge < -0.3 is 4.98 Å². The standard InChI is InChI=1S/C18H24N6O/c1-2-3-4-5-6-9-14-12-24(23-22-14)13-17(25)21-18-19-15-10-7-8-11-16(15)20-18/h7-8,10-12H,2-6,9,13H2,1H3,(H2,19,20,21,25). The number of fused-ring (bicyclic) bond motifs is 1. The highest BCUT2D eigenvalue weighted by Gasteiger charge is 2.09. The summed E-state index contributed by atoms with van der Waals surface area (Å²) in [5.74, 6) is 0.265. The van der Waals surface area contributed by atoms with E-state index in [1.54, 1.807) is 4.68 Å². The predicted octanol–water partition coefficient (Wildman–Crippen LogP) is 3.31. The summed E-state index contributed by atoms with van der Waals surface area (Å²) in [6.07, 6.45) is 8.89. The van der Waals surface area contributed by atoms with Crippen molar-refractivity contribution in [2.75, 3.05) is 5.32 Å². The second-order valence-electron chi connectivity index (χ2n) is 6.22. The summed E-state index contributed by atoms with van der Waals surface area (Å²) < 4.78 is 1.57. The zero-order valence-electron chi connectivity index (χ0n) is 14.5. The Balaban J connectivity index is 1.48. The molecule has 0 radical (unpaired) electrons. The number of nitrogens with zero attached hydrogens (tertiary/aromatic N) is 4. The molecule has 0 spiro atoms. The van der Waals surface area contributed by atoms with Crippen LogP contribution in [0, 0.1) is 0 Å². The molecule has 0 saturated heterocycles. The van der Waals surface area contributed by atoms with Crippen LogP contribution in [0.1, 0.15) is 44.7 Å². The van der Waals surface area contributed by atoms with Gasteiger partial charge in [-0.2, -0.15) is 0 Å². The van der Waals surface area contributed by atoms with E-state index >= 15 is 0 Å². The summed E-state index contributed by atoms with van der Waals surface area (Å²) in [7, 11) is 0. The minimum absolute atomic E-state index is 0.125. The van der Waals surface area contributed by atoms with E-state index in [0.717, 1.165) is 29.6 Å². The van der Waals surface area contributed by atoms with Gasteiger partial charge in [0.25, 0.3) is 0 Å². The predicted molar refractivity (Wildman–Crippen MR) is 97.2 cm³/mol. The first-order valence-electron chi connectivity index (χ1n) is 8.88. The van der Waals surface area contributed by atoms with Crippen molar-refractivity contribution in [3.05, 3.63) is 36.2 Å². The third-order valence-corrected chi connectivity index (χ3v) is 4.08. The van der Waals surface area contributed by atoms with E-state index < -0.39 is 0 Å². The SMILES string of the molecule is CCCCCCCc1cn(CC(=O)Nc2nc3ccccc3[nH]2)nn1. The van der Waals surface area contributed by atoms with E-state index in [1.807, 2.05) is 30.5 Å². The average Bonchev–Trinajstić information content (AvgIpc) is 3.20. The summed E-state index contributed by atoms with van der Waals surface area (Å²) in [6, 6.07) is 7.65. The lowest BCUT2D eigenvalue weighted by Crippen LogP contribution is -2.19. The maximum absolute atomic E-state index is 12.1. The Morgan fingerprint density at radius 1 is 1.20 bits per heavy atom. The second kappa shape index (κ2) is 8.41. The van der Waals surface area contributed by atoms with Crippen molar-refractivity contribution < 1.29 is 4.79 Å². The molecule has 0 aliphatic heterocycles. The van der Waals surface area contributed by atoms with Crippen LogP contribution in [0.5, 0.6) is 0 Å². The van der Waals surface area contributed by atoms with Crippen LogP contribution in [0.15, 0.2) is 30.5 Å². The Hall–Kier alpha value is -2.70. The van der Waals surface area contributed by atoms with Crippen LogP contribution in [-0.4, -0.2) is 30.9 Å². The molecule has 0 aliphatic rings. The number of anilines is 1. The number of unbranched alkanes of at least 4 members (excludes halogenated alkanes) is 4. The van der Waals surface area contributed by atoms with Gasteiger partial charge in [0.15, 0.2) is 0 Å². The first-order chi connectivity index (χ1) is 12.2. The molecule has 1 amide bonds. The fraction of sp³-hybridized carbons (Fsp3) is 0.444. The lowest BCUT2D eigenvalue weighted by atomic mass is 10.1. The van der Waals surface area contributed by atoms with Gasteiger partial charge in [-0.1, -0.05) is 50.0 Å². The van der Waals surface area contributed by atoms with Gasteiger partial charge in [0.05, 0.1) is 16.7 Å². The van der Waals surface area contributed by atoms with E-state index in [-0.39, 0.29) is 12.5 Å². The third kappa shape index (κ3) is 4.89. The summed E-state index contributed by atoms with van der Waals surface area (Å²) in [6.45, 7) is 2.34. The van der Waals surface area contributed by atoms with E-state index in [2.05, 4.69) is 32.5 Å². The largest absolute Gasteiger partial charge is 0.324 e. The van der Waals surface area contributed by atoms with E-state index in [4.69, 9.17) is 0 Å². The molecule has 0 aliphatic carbocycles. The van der Waals surface area contributed by atoms with E-state index in [1.165, 1.54) is 25.7 Å². The molecule has 3 aromatic rings. The van der Waals surface area contributed by atoms with Gasteiger partial charge in [-0.15, -0.1) is 5.10 Å². The number of hydrogen-bond acceptors (Lipinski definition) is 4. The minimum Gasteiger partial charge on any atom is -0.324 e. The summed E-state index contributed by atoms with van der Waals surface area (Å²) >= 11 is 0. The molecule has 7 nitrogen and oxygen atoms in total. The Labute approximate surface area is 146 Å².